The van der Waals surface area contributed by atoms with Gasteiger partial charge < -0.3 is 0 Å². The van der Waals surface area contributed by atoms with Crippen molar-refractivity contribution in [2.45, 2.75) is 6.42 Å². The molecule has 0 bridgehead atoms. The van der Waals surface area contributed by atoms with Crippen LogP contribution in [0.4, 0.5) is 0 Å². The molecule has 1 rings (SSSR count). The smallest absolute Gasteiger partial charge is 0.0644 e. The second-order valence-electron chi connectivity index (χ2n) is 1.76. The summed E-state index contributed by atoms with van der Waals surface area (Å²) in [5.74, 6) is 6.69. The molecule has 1 aromatic heterocycles. The van der Waals surface area contributed by atoms with E-state index in [-0.39, 0.29) is 0 Å². The molecule has 0 saturated carbocycles. The molecule has 1 N–H and O–H groups in total. The molecule has 52 valence electrons. The zero-order valence-electron chi connectivity index (χ0n) is 5.46. The summed E-state index contributed by atoms with van der Waals surface area (Å²) in [6.07, 6.45) is 4.30. The van der Waals surface area contributed by atoms with Gasteiger partial charge in [-0.15, -0.1) is 0 Å². The van der Waals surface area contributed by atoms with Crippen LogP contribution in [0.3, 0.4) is 0 Å². The molecule has 10 heavy (non-hydrogen) atoms. The molecule has 0 amide bonds. The molecule has 1 aromatic rings. The summed E-state index contributed by atoms with van der Waals surface area (Å²) in [7, 11) is 0. The third kappa shape index (κ3) is 2.16. The first-order valence-corrected chi connectivity index (χ1v) is 3.65. The lowest BCUT2D eigenvalue weighted by Gasteiger charge is -1.76. The predicted molar refractivity (Wildman–Crippen MR) is 43.9 cm³/mol. The van der Waals surface area contributed by atoms with Gasteiger partial charge in [-0.05, 0) is 0 Å². The van der Waals surface area contributed by atoms with E-state index in [4.69, 9.17) is 0 Å². The number of nitrogens with one attached hydrogen (secondary N) is 1. The van der Waals surface area contributed by atoms with Gasteiger partial charge in [0.1, 0.15) is 0 Å². The van der Waals surface area contributed by atoms with Gasteiger partial charge in [-0.3, -0.25) is 5.10 Å². The van der Waals surface area contributed by atoms with Crippen LogP contribution >= 0.6 is 12.6 Å². The highest BCUT2D eigenvalue weighted by atomic mass is 32.1. The first kappa shape index (κ1) is 7.23. The number of nitrogens with zero attached hydrogens (tertiary/aromatic N) is 1. The molecule has 2 nitrogen and oxygen atoms in total. The maximum Gasteiger partial charge on any atom is 0.0644 e. The van der Waals surface area contributed by atoms with Gasteiger partial charge in [0.25, 0.3) is 0 Å². The summed E-state index contributed by atoms with van der Waals surface area (Å²) in [6, 6.07) is 0. The van der Waals surface area contributed by atoms with Crippen molar-refractivity contribution in [3.8, 4) is 11.8 Å². The Morgan fingerprint density at radius 2 is 2.60 bits per heavy atom. The minimum absolute atomic E-state index is 0.810. The van der Waals surface area contributed by atoms with Gasteiger partial charge in [0, 0.05) is 18.4 Å². The second-order valence-corrected chi connectivity index (χ2v) is 2.21. The van der Waals surface area contributed by atoms with E-state index in [9.17, 15) is 0 Å². The van der Waals surface area contributed by atoms with Gasteiger partial charge in [-0.25, -0.2) is 0 Å². The van der Waals surface area contributed by atoms with E-state index in [0.29, 0.717) is 0 Å². The lowest BCUT2D eigenvalue weighted by atomic mass is 10.3. The van der Waals surface area contributed by atoms with Crippen LogP contribution in [0.25, 0.3) is 0 Å². The fraction of sp³-hybridized carbons (Fsp3) is 0.286. The number of hydrogen-bond acceptors (Lipinski definition) is 2. The monoisotopic (exact) mass is 152 g/mol. The molecule has 0 aromatic carbocycles. The predicted octanol–water partition coefficient (Wildman–Crippen LogP) is 1.08. The van der Waals surface area contributed by atoms with Gasteiger partial charge in [-0.2, -0.15) is 17.7 Å². The SMILES string of the molecule is SCCC#Cc1cn[nH]c1. The van der Waals surface area contributed by atoms with E-state index in [2.05, 4.69) is 34.7 Å². The van der Waals surface area contributed by atoms with E-state index in [1.807, 2.05) is 0 Å². The highest BCUT2D eigenvalue weighted by molar-refractivity contribution is 7.80. The minimum Gasteiger partial charge on any atom is -0.284 e. The van der Waals surface area contributed by atoms with Crippen LogP contribution < -0.4 is 0 Å². The lowest BCUT2D eigenvalue weighted by molar-refractivity contribution is 1.09. The van der Waals surface area contributed by atoms with Crippen LogP contribution in [-0.4, -0.2) is 16.0 Å². The summed E-state index contributed by atoms with van der Waals surface area (Å²) >= 11 is 4.03. The molecule has 0 aliphatic carbocycles. The standard InChI is InChI=1S/C7H8N2S/c10-4-2-1-3-7-5-8-9-6-7/h5-6,10H,2,4H2,(H,8,9). The van der Waals surface area contributed by atoms with Crippen molar-refractivity contribution in [3.63, 3.8) is 0 Å². The maximum atomic E-state index is 4.03. The number of aromatic nitrogens is 2. The Kier molecular flexibility index (Phi) is 2.91. The number of rotatable bonds is 1. The highest BCUT2D eigenvalue weighted by Gasteiger charge is 1.82. The first-order valence-electron chi connectivity index (χ1n) is 3.02. The quantitative estimate of drug-likeness (QED) is 0.457. The number of thiol groups is 1. The third-order valence-corrected chi connectivity index (χ3v) is 1.19. The van der Waals surface area contributed by atoms with Gasteiger partial charge in [0.05, 0.1) is 11.8 Å². The average molecular weight is 152 g/mol. The van der Waals surface area contributed by atoms with E-state index >= 15 is 0 Å². The molecule has 0 spiro atoms. The van der Waals surface area contributed by atoms with Gasteiger partial charge in [0.2, 0.25) is 0 Å². The van der Waals surface area contributed by atoms with Crippen LogP contribution in [0.5, 0.6) is 0 Å². The van der Waals surface area contributed by atoms with Crippen LogP contribution in [-0.2, 0) is 0 Å². The summed E-state index contributed by atoms with van der Waals surface area (Å²) in [6.45, 7) is 0. The number of H-pyrrole nitrogens is 1. The molecule has 1 heterocycles. The fourth-order valence-electron chi connectivity index (χ4n) is 0.540. The molecule has 0 aliphatic heterocycles. The van der Waals surface area contributed by atoms with E-state index in [0.717, 1.165) is 17.7 Å². The maximum absolute atomic E-state index is 4.03. The molecule has 3 heteroatoms. The van der Waals surface area contributed by atoms with Crippen molar-refractivity contribution >= 4 is 12.6 Å². The van der Waals surface area contributed by atoms with Crippen molar-refractivity contribution < 1.29 is 0 Å². The summed E-state index contributed by atoms with van der Waals surface area (Å²) < 4.78 is 0. The number of hydrogen-bond donors (Lipinski definition) is 2. The Morgan fingerprint density at radius 3 is 3.20 bits per heavy atom. The molecule has 0 unspecified atom stereocenters. The van der Waals surface area contributed by atoms with E-state index in [1.165, 1.54) is 0 Å². The minimum atomic E-state index is 0.810. The third-order valence-electron chi connectivity index (χ3n) is 0.968. The Morgan fingerprint density at radius 1 is 1.70 bits per heavy atom. The fourth-order valence-corrected chi connectivity index (χ4v) is 0.652. The molecule has 0 atom stereocenters. The van der Waals surface area contributed by atoms with Crippen molar-refractivity contribution in [1.82, 2.24) is 10.2 Å². The van der Waals surface area contributed by atoms with Crippen molar-refractivity contribution in [1.29, 1.82) is 0 Å². The Labute approximate surface area is 65.4 Å². The average Bonchev–Trinajstić information content (AvgIpc) is 2.41. The number of aromatic amines is 1. The molecular formula is C7H8N2S. The summed E-state index contributed by atoms with van der Waals surface area (Å²) in [4.78, 5) is 0. The summed E-state index contributed by atoms with van der Waals surface area (Å²) in [5, 5.41) is 6.44. The van der Waals surface area contributed by atoms with Gasteiger partial charge in [-0.1, -0.05) is 11.8 Å². The van der Waals surface area contributed by atoms with Crippen LogP contribution in [0.15, 0.2) is 12.4 Å². The van der Waals surface area contributed by atoms with Crippen LogP contribution in [0.2, 0.25) is 0 Å². The Balaban J connectivity index is 2.49. The molecule has 0 aliphatic rings. The first-order chi connectivity index (χ1) is 4.93. The van der Waals surface area contributed by atoms with Crippen molar-refractivity contribution in [3.05, 3.63) is 18.0 Å². The molecule has 0 fully saturated rings. The second kappa shape index (κ2) is 4.02. The molecular weight excluding hydrogens is 144 g/mol. The molecule has 0 saturated heterocycles. The van der Waals surface area contributed by atoms with Gasteiger partial charge >= 0.3 is 0 Å². The Hall–Kier alpha value is -0.880. The van der Waals surface area contributed by atoms with Crippen molar-refractivity contribution in [2.24, 2.45) is 0 Å². The summed E-state index contributed by atoms with van der Waals surface area (Å²) in [5.41, 5.74) is 0.932. The zero-order valence-corrected chi connectivity index (χ0v) is 6.36. The Bertz CT molecular complexity index is 230. The molecule has 0 radical (unpaired) electrons. The lowest BCUT2D eigenvalue weighted by Crippen LogP contribution is -1.68. The normalized spacial score (nSPS) is 8.50. The van der Waals surface area contributed by atoms with E-state index < -0.39 is 0 Å². The zero-order chi connectivity index (χ0) is 7.23. The van der Waals surface area contributed by atoms with Gasteiger partial charge in [0.15, 0.2) is 0 Å². The van der Waals surface area contributed by atoms with Crippen molar-refractivity contribution in [2.75, 3.05) is 5.75 Å². The topological polar surface area (TPSA) is 28.7 Å². The van der Waals surface area contributed by atoms with Crippen LogP contribution in [0.1, 0.15) is 12.0 Å². The largest absolute Gasteiger partial charge is 0.284 e. The van der Waals surface area contributed by atoms with Crippen LogP contribution in [0, 0.1) is 11.8 Å². The highest BCUT2D eigenvalue weighted by Crippen LogP contribution is 1.89. The van der Waals surface area contributed by atoms with E-state index in [1.54, 1.807) is 12.4 Å².